The molecule has 0 heterocycles. The Morgan fingerprint density at radius 1 is 1.05 bits per heavy atom. The second-order valence-electron chi connectivity index (χ2n) is 4.70. The molecule has 0 aliphatic heterocycles. The molecule has 22 heavy (non-hydrogen) atoms. The predicted octanol–water partition coefficient (Wildman–Crippen LogP) is 2.90. The van der Waals surface area contributed by atoms with Crippen molar-refractivity contribution in [2.45, 2.75) is 13.1 Å². The quantitative estimate of drug-likeness (QED) is 0.629. The van der Waals surface area contributed by atoms with E-state index in [-0.39, 0.29) is 5.69 Å². The first-order valence-electron chi connectivity index (χ1n) is 6.79. The van der Waals surface area contributed by atoms with E-state index in [1.54, 1.807) is 26.4 Å². The van der Waals surface area contributed by atoms with Gasteiger partial charge >= 0.3 is 0 Å². The van der Waals surface area contributed by atoms with Crippen molar-refractivity contribution in [1.29, 1.82) is 0 Å². The number of non-ortho nitro benzene ring substituents is 1. The Labute approximate surface area is 128 Å². The Balaban J connectivity index is 1.94. The number of nitro groups is 1. The lowest BCUT2D eigenvalue weighted by Crippen LogP contribution is -2.13. The molecule has 0 amide bonds. The number of nitrogens with one attached hydrogen (secondary N) is 1. The normalized spacial score (nSPS) is 10.3. The molecule has 0 bridgehead atoms. The summed E-state index contributed by atoms with van der Waals surface area (Å²) in [6.07, 6.45) is 0. The third-order valence-corrected chi connectivity index (χ3v) is 3.29. The summed E-state index contributed by atoms with van der Waals surface area (Å²) in [5.74, 6) is 1.51. The van der Waals surface area contributed by atoms with Crippen LogP contribution in [0.1, 0.15) is 11.1 Å². The van der Waals surface area contributed by atoms with Crippen molar-refractivity contribution in [2.24, 2.45) is 0 Å². The topological polar surface area (TPSA) is 73.6 Å². The van der Waals surface area contributed by atoms with E-state index >= 15 is 0 Å². The van der Waals surface area contributed by atoms with Crippen LogP contribution < -0.4 is 14.8 Å². The highest BCUT2D eigenvalue weighted by Gasteiger charge is 2.06. The van der Waals surface area contributed by atoms with Gasteiger partial charge in [0.2, 0.25) is 0 Å². The van der Waals surface area contributed by atoms with Crippen LogP contribution >= 0.6 is 0 Å². The number of ether oxygens (including phenoxy) is 2. The molecule has 0 aromatic heterocycles. The van der Waals surface area contributed by atoms with Gasteiger partial charge in [0.15, 0.2) is 0 Å². The van der Waals surface area contributed by atoms with Gasteiger partial charge in [-0.25, -0.2) is 0 Å². The number of benzene rings is 2. The lowest BCUT2D eigenvalue weighted by Gasteiger charge is -2.11. The van der Waals surface area contributed by atoms with Gasteiger partial charge in [-0.2, -0.15) is 0 Å². The number of hydrogen-bond acceptors (Lipinski definition) is 5. The molecule has 6 heteroatoms. The zero-order valence-electron chi connectivity index (χ0n) is 12.5. The van der Waals surface area contributed by atoms with E-state index in [2.05, 4.69) is 5.32 Å². The minimum atomic E-state index is -0.403. The highest BCUT2D eigenvalue weighted by Crippen LogP contribution is 2.24. The van der Waals surface area contributed by atoms with E-state index in [0.717, 1.165) is 22.6 Å². The second-order valence-corrected chi connectivity index (χ2v) is 4.70. The molecular formula is C16H18N2O4. The van der Waals surface area contributed by atoms with Gasteiger partial charge in [-0.1, -0.05) is 18.2 Å². The summed E-state index contributed by atoms with van der Waals surface area (Å²) in [4.78, 5) is 10.2. The van der Waals surface area contributed by atoms with Gasteiger partial charge in [-0.3, -0.25) is 10.1 Å². The first-order valence-corrected chi connectivity index (χ1v) is 6.79. The summed E-state index contributed by atoms with van der Waals surface area (Å²) in [6, 6.07) is 12.2. The van der Waals surface area contributed by atoms with Crippen LogP contribution in [0.3, 0.4) is 0 Å². The maximum Gasteiger partial charge on any atom is 0.269 e. The molecule has 0 atom stereocenters. The summed E-state index contributed by atoms with van der Waals surface area (Å²) in [5.41, 5.74) is 2.10. The Kier molecular flexibility index (Phi) is 5.32. The smallest absolute Gasteiger partial charge is 0.269 e. The lowest BCUT2D eigenvalue weighted by molar-refractivity contribution is -0.384. The van der Waals surface area contributed by atoms with E-state index in [0.29, 0.717) is 13.1 Å². The summed E-state index contributed by atoms with van der Waals surface area (Å²) in [5, 5.41) is 13.9. The number of hydrogen-bond donors (Lipinski definition) is 1. The summed E-state index contributed by atoms with van der Waals surface area (Å²) >= 11 is 0. The molecule has 2 aromatic rings. The summed E-state index contributed by atoms with van der Waals surface area (Å²) in [7, 11) is 3.23. The van der Waals surface area contributed by atoms with Crippen molar-refractivity contribution in [2.75, 3.05) is 14.2 Å². The molecule has 1 N–H and O–H groups in total. The van der Waals surface area contributed by atoms with Crippen LogP contribution in [0.5, 0.6) is 11.5 Å². The molecule has 0 saturated carbocycles. The molecule has 0 saturated heterocycles. The van der Waals surface area contributed by atoms with E-state index in [1.165, 1.54) is 12.1 Å². The number of methoxy groups -OCH3 is 2. The van der Waals surface area contributed by atoms with Gasteiger partial charge in [-0.15, -0.1) is 0 Å². The number of nitrogens with zero attached hydrogens (tertiary/aromatic N) is 1. The second kappa shape index (κ2) is 7.42. The number of nitro benzene ring substituents is 1. The van der Waals surface area contributed by atoms with Crippen molar-refractivity contribution in [3.05, 3.63) is 63.7 Å². The SMILES string of the molecule is COc1ccc(CNCc2ccc([N+](=O)[O-])cc2)c(OC)c1. The van der Waals surface area contributed by atoms with Crippen LogP contribution in [-0.2, 0) is 13.1 Å². The van der Waals surface area contributed by atoms with Crippen LogP contribution in [0.15, 0.2) is 42.5 Å². The van der Waals surface area contributed by atoms with Crippen LogP contribution in [0.4, 0.5) is 5.69 Å². The number of rotatable bonds is 7. The van der Waals surface area contributed by atoms with Crippen LogP contribution in [-0.4, -0.2) is 19.1 Å². The van der Waals surface area contributed by atoms with Gasteiger partial charge in [-0.05, 0) is 11.6 Å². The Bertz CT molecular complexity index is 641. The van der Waals surface area contributed by atoms with Gasteiger partial charge in [0.1, 0.15) is 11.5 Å². The van der Waals surface area contributed by atoms with E-state index in [4.69, 9.17) is 9.47 Å². The van der Waals surface area contributed by atoms with Crippen molar-refractivity contribution in [3.63, 3.8) is 0 Å². The summed E-state index contributed by atoms with van der Waals surface area (Å²) in [6.45, 7) is 1.25. The molecule has 2 aromatic carbocycles. The van der Waals surface area contributed by atoms with Crippen molar-refractivity contribution >= 4 is 5.69 Å². The van der Waals surface area contributed by atoms with Crippen LogP contribution in [0, 0.1) is 10.1 Å². The Morgan fingerprint density at radius 2 is 1.77 bits per heavy atom. The standard InChI is InChI=1S/C16H18N2O4/c1-21-15-8-5-13(16(9-15)22-2)11-17-10-12-3-6-14(7-4-12)18(19)20/h3-9,17H,10-11H2,1-2H3. The van der Waals surface area contributed by atoms with E-state index < -0.39 is 4.92 Å². The fourth-order valence-corrected chi connectivity index (χ4v) is 2.07. The average molecular weight is 302 g/mol. The summed E-state index contributed by atoms with van der Waals surface area (Å²) < 4.78 is 10.5. The first-order chi connectivity index (χ1) is 10.6. The monoisotopic (exact) mass is 302 g/mol. The van der Waals surface area contributed by atoms with Gasteiger partial charge < -0.3 is 14.8 Å². The molecule has 0 unspecified atom stereocenters. The maximum atomic E-state index is 10.6. The van der Waals surface area contributed by atoms with Crippen molar-refractivity contribution in [1.82, 2.24) is 5.32 Å². The van der Waals surface area contributed by atoms with Gasteiger partial charge in [0.25, 0.3) is 5.69 Å². The Morgan fingerprint density at radius 3 is 2.36 bits per heavy atom. The minimum absolute atomic E-state index is 0.0978. The molecule has 0 spiro atoms. The van der Waals surface area contributed by atoms with Gasteiger partial charge in [0, 0.05) is 36.9 Å². The predicted molar refractivity (Wildman–Crippen MR) is 83.2 cm³/mol. The average Bonchev–Trinajstić information content (AvgIpc) is 2.55. The largest absolute Gasteiger partial charge is 0.497 e. The lowest BCUT2D eigenvalue weighted by atomic mass is 10.1. The molecule has 116 valence electrons. The molecule has 0 radical (unpaired) electrons. The molecule has 0 aliphatic carbocycles. The molecule has 0 aliphatic rings. The van der Waals surface area contributed by atoms with Crippen molar-refractivity contribution in [3.8, 4) is 11.5 Å². The molecule has 6 nitrogen and oxygen atoms in total. The van der Waals surface area contributed by atoms with Crippen LogP contribution in [0.2, 0.25) is 0 Å². The van der Waals surface area contributed by atoms with E-state index in [9.17, 15) is 10.1 Å². The maximum absolute atomic E-state index is 10.6. The Hall–Kier alpha value is -2.60. The fraction of sp³-hybridized carbons (Fsp3) is 0.250. The molecular weight excluding hydrogens is 284 g/mol. The van der Waals surface area contributed by atoms with Crippen molar-refractivity contribution < 1.29 is 14.4 Å². The van der Waals surface area contributed by atoms with Gasteiger partial charge in [0.05, 0.1) is 19.1 Å². The van der Waals surface area contributed by atoms with Crippen LogP contribution in [0.25, 0.3) is 0 Å². The molecule has 2 rings (SSSR count). The van der Waals surface area contributed by atoms with E-state index in [1.807, 2.05) is 18.2 Å². The highest BCUT2D eigenvalue weighted by atomic mass is 16.6. The zero-order valence-corrected chi connectivity index (χ0v) is 12.5. The fourth-order valence-electron chi connectivity index (χ4n) is 2.07. The minimum Gasteiger partial charge on any atom is -0.497 e. The first kappa shape index (κ1) is 15.8. The molecule has 0 fully saturated rings. The third-order valence-electron chi connectivity index (χ3n) is 3.29. The highest BCUT2D eigenvalue weighted by molar-refractivity contribution is 5.40. The third kappa shape index (κ3) is 3.95. The zero-order chi connectivity index (χ0) is 15.9.